The molecule has 1 N–H and O–H groups in total. The highest BCUT2D eigenvalue weighted by atomic mass is 32.1. The summed E-state index contributed by atoms with van der Waals surface area (Å²) >= 11 is 1.41. The van der Waals surface area contributed by atoms with Crippen molar-refractivity contribution in [1.82, 2.24) is 4.98 Å². The van der Waals surface area contributed by atoms with Gasteiger partial charge in [-0.25, -0.2) is 4.98 Å². The normalized spacial score (nSPS) is 17.4. The molecule has 7 heteroatoms. The molecule has 0 saturated carbocycles. The van der Waals surface area contributed by atoms with Gasteiger partial charge in [0, 0.05) is 24.0 Å². The molecule has 1 atom stereocenters. The van der Waals surface area contributed by atoms with E-state index in [2.05, 4.69) is 16.4 Å². The summed E-state index contributed by atoms with van der Waals surface area (Å²) in [4.78, 5) is 17.5. The Balaban J connectivity index is 1.28. The zero-order chi connectivity index (χ0) is 20.3. The fourth-order valence-corrected chi connectivity index (χ4v) is 4.43. The molecule has 2 aromatic carbocycles. The van der Waals surface area contributed by atoms with E-state index in [0.717, 1.165) is 49.5 Å². The Morgan fingerprint density at radius 1 is 1.23 bits per heavy atom. The van der Waals surface area contributed by atoms with E-state index in [9.17, 15) is 4.79 Å². The largest absolute Gasteiger partial charge is 0.493 e. The Bertz CT molecular complexity index is 1060. The van der Waals surface area contributed by atoms with E-state index >= 15 is 0 Å². The molecular formula is C23H22N2O4S. The predicted octanol–water partition coefficient (Wildman–Crippen LogP) is 4.56. The lowest BCUT2D eigenvalue weighted by atomic mass is 10.1. The van der Waals surface area contributed by atoms with Gasteiger partial charge in [-0.3, -0.25) is 10.1 Å². The predicted molar refractivity (Wildman–Crippen MR) is 116 cm³/mol. The summed E-state index contributed by atoms with van der Waals surface area (Å²) in [6, 6.07) is 13.3. The quantitative estimate of drug-likeness (QED) is 0.631. The van der Waals surface area contributed by atoms with Gasteiger partial charge >= 0.3 is 0 Å². The van der Waals surface area contributed by atoms with Crippen molar-refractivity contribution in [1.29, 1.82) is 0 Å². The molecule has 0 aliphatic carbocycles. The van der Waals surface area contributed by atoms with Gasteiger partial charge in [-0.2, -0.15) is 0 Å². The van der Waals surface area contributed by atoms with Crippen LogP contribution < -0.4 is 14.8 Å². The molecule has 2 aliphatic rings. The number of rotatable bonds is 6. The van der Waals surface area contributed by atoms with Crippen molar-refractivity contribution in [2.45, 2.75) is 25.4 Å². The molecule has 0 bridgehead atoms. The number of carbonyl (C=O) groups is 1. The van der Waals surface area contributed by atoms with Crippen LogP contribution in [0.3, 0.4) is 0 Å². The van der Waals surface area contributed by atoms with Gasteiger partial charge in [-0.05, 0) is 48.7 Å². The lowest BCUT2D eigenvalue weighted by Crippen LogP contribution is -2.19. The minimum absolute atomic E-state index is 0.0976. The smallest absolute Gasteiger partial charge is 0.261 e. The van der Waals surface area contributed by atoms with Crippen molar-refractivity contribution >= 4 is 22.4 Å². The fourth-order valence-electron chi connectivity index (χ4n) is 3.71. The van der Waals surface area contributed by atoms with Crippen molar-refractivity contribution in [3.8, 4) is 22.8 Å². The number of benzene rings is 2. The summed E-state index contributed by atoms with van der Waals surface area (Å²) < 4.78 is 17.0. The van der Waals surface area contributed by atoms with Crippen LogP contribution >= 0.6 is 11.3 Å². The summed E-state index contributed by atoms with van der Waals surface area (Å²) in [7, 11) is 0. The summed E-state index contributed by atoms with van der Waals surface area (Å²) in [6.07, 6.45) is 3.06. The number of hydrogen-bond acceptors (Lipinski definition) is 6. The van der Waals surface area contributed by atoms with E-state index in [0.29, 0.717) is 23.1 Å². The SMILES string of the molecule is O=C(Nc1nc(-c2ccc3c(c2)CCO3)cs1)c1ccccc1OCC1CCCO1. The molecule has 30 heavy (non-hydrogen) atoms. The topological polar surface area (TPSA) is 69.7 Å². The lowest BCUT2D eigenvalue weighted by Gasteiger charge is -2.14. The van der Waals surface area contributed by atoms with Crippen LogP contribution in [0.25, 0.3) is 11.3 Å². The van der Waals surface area contributed by atoms with E-state index in [1.54, 1.807) is 6.07 Å². The van der Waals surface area contributed by atoms with Crippen LogP contribution in [0.15, 0.2) is 47.8 Å². The summed E-state index contributed by atoms with van der Waals surface area (Å²) in [5.41, 5.74) is 3.55. The zero-order valence-electron chi connectivity index (χ0n) is 16.4. The molecular weight excluding hydrogens is 400 g/mol. The Labute approximate surface area is 178 Å². The van der Waals surface area contributed by atoms with E-state index in [1.807, 2.05) is 35.7 Å². The van der Waals surface area contributed by atoms with Gasteiger partial charge in [-0.15, -0.1) is 11.3 Å². The summed E-state index contributed by atoms with van der Waals surface area (Å²) in [5.74, 6) is 1.27. The van der Waals surface area contributed by atoms with Gasteiger partial charge in [0.1, 0.15) is 18.1 Å². The first-order valence-corrected chi connectivity index (χ1v) is 11.0. The number of anilines is 1. The van der Waals surface area contributed by atoms with Gasteiger partial charge in [0.05, 0.1) is 24.0 Å². The first-order valence-electron chi connectivity index (χ1n) is 10.1. The van der Waals surface area contributed by atoms with Crippen molar-refractivity contribution < 1.29 is 19.0 Å². The second-order valence-electron chi connectivity index (χ2n) is 7.36. The molecule has 1 fully saturated rings. The number of hydrogen-bond donors (Lipinski definition) is 1. The maximum Gasteiger partial charge on any atom is 0.261 e. The number of aromatic nitrogens is 1. The number of amides is 1. The van der Waals surface area contributed by atoms with Crippen LogP contribution in [0.1, 0.15) is 28.8 Å². The van der Waals surface area contributed by atoms with Crippen molar-refractivity contribution in [3.05, 3.63) is 59.0 Å². The van der Waals surface area contributed by atoms with E-state index in [-0.39, 0.29) is 12.0 Å². The number of para-hydroxylation sites is 1. The van der Waals surface area contributed by atoms with Crippen molar-refractivity contribution in [2.24, 2.45) is 0 Å². The molecule has 5 rings (SSSR count). The molecule has 1 aromatic heterocycles. The average Bonchev–Trinajstić information content (AvgIpc) is 3.53. The lowest BCUT2D eigenvalue weighted by molar-refractivity contribution is 0.0673. The molecule has 6 nitrogen and oxygen atoms in total. The third-order valence-corrected chi connectivity index (χ3v) is 6.05. The Morgan fingerprint density at radius 2 is 2.17 bits per heavy atom. The first-order chi connectivity index (χ1) is 14.8. The molecule has 3 heterocycles. The highest BCUT2D eigenvalue weighted by Gasteiger charge is 2.19. The van der Waals surface area contributed by atoms with E-state index < -0.39 is 0 Å². The third kappa shape index (κ3) is 4.04. The third-order valence-electron chi connectivity index (χ3n) is 5.29. The van der Waals surface area contributed by atoms with Crippen LogP contribution in [0.5, 0.6) is 11.5 Å². The highest BCUT2D eigenvalue weighted by molar-refractivity contribution is 7.14. The van der Waals surface area contributed by atoms with Gasteiger partial charge in [0.2, 0.25) is 0 Å². The van der Waals surface area contributed by atoms with Gasteiger partial charge in [-0.1, -0.05) is 12.1 Å². The van der Waals surface area contributed by atoms with Gasteiger partial charge in [0.25, 0.3) is 5.91 Å². The van der Waals surface area contributed by atoms with Crippen molar-refractivity contribution in [3.63, 3.8) is 0 Å². The van der Waals surface area contributed by atoms with Crippen LogP contribution in [0, 0.1) is 0 Å². The monoisotopic (exact) mass is 422 g/mol. The summed E-state index contributed by atoms with van der Waals surface area (Å²) in [6.45, 7) is 1.96. The number of nitrogens with zero attached hydrogens (tertiary/aromatic N) is 1. The Morgan fingerprint density at radius 3 is 3.07 bits per heavy atom. The molecule has 0 radical (unpaired) electrons. The summed E-state index contributed by atoms with van der Waals surface area (Å²) in [5, 5.41) is 5.41. The zero-order valence-corrected chi connectivity index (χ0v) is 17.2. The maximum absolute atomic E-state index is 12.9. The standard InChI is InChI=1S/C23H22N2O4S/c26-22(18-5-1-2-6-21(18)29-13-17-4-3-10-27-17)25-23-24-19(14-30-23)15-7-8-20-16(12-15)9-11-28-20/h1-2,5-8,12,14,17H,3-4,9-11,13H2,(H,24,25,26). The molecule has 1 amide bonds. The number of nitrogens with one attached hydrogen (secondary N) is 1. The van der Waals surface area contributed by atoms with Crippen LogP contribution in [0.4, 0.5) is 5.13 Å². The Hall–Kier alpha value is -2.90. The number of thiazole rings is 1. The molecule has 3 aromatic rings. The second kappa shape index (κ2) is 8.45. The second-order valence-corrected chi connectivity index (χ2v) is 8.21. The molecule has 1 unspecified atom stereocenters. The van der Waals surface area contributed by atoms with Gasteiger partial charge in [0.15, 0.2) is 5.13 Å². The van der Waals surface area contributed by atoms with Gasteiger partial charge < -0.3 is 14.2 Å². The van der Waals surface area contributed by atoms with E-state index in [1.165, 1.54) is 16.9 Å². The number of fused-ring (bicyclic) bond motifs is 1. The van der Waals surface area contributed by atoms with Crippen LogP contribution in [-0.2, 0) is 11.2 Å². The molecule has 1 saturated heterocycles. The minimum Gasteiger partial charge on any atom is -0.493 e. The van der Waals surface area contributed by atoms with E-state index in [4.69, 9.17) is 14.2 Å². The first kappa shape index (κ1) is 19.1. The number of ether oxygens (including phenoxy) is 3. The highest BCUT2D eigenvalue weighted by Crippen LogP contribution is 2.32. The average molecular weight is 423 g/mol. The van der Waals surface area contributed by atoms with Crippen LogP contribution in [0.2, 0.25) is 0 Å². The number of carbonyl (C=O) groups excluding carboxylic acids is 1. The minimum atomic E-state index is -0.235. The fraction of sp³-hybridized carbons (Fsp3) is 0.304. The maximum atomic E-state index is 12.9. The van der Waals surface area contributed by atoms with Crippen LogP contribution in [-0.4, -0.2) is 36.8 Å². The molecule has 2 aliphatic heterocycles. The molecule has 154 valence electrons. The van der Waals surface area contributed by atoms with Crippen molar-refractivity contribution in [2.75, 3.05) is 25.1 Å². The molecule has 0 spiro atoms. The Kier molecular flexibility index (Phi) is 5.38.